The Labute approximate surface area is 182 Å². The SMILES string of the molecule is Cc1ccc([Si](c2ccccc2)(c2ccccc2)c2ccccc2)cc1C(C)(C)C. The number of benzene rings is 4. The van der Waals surface area contributed by atoms with Gasteiger partial charge in [0.15, 0.2) is 8.07 Å². The van der Waals surface area contributed by atoms with E-state index in [1.165, 1.54) is 31.9 Å². The van der Waals surface area contributed by atoms with Crippen molar-refractivity contribution in [2.75, 3.05) is 0 Å². The predicted octanol–water partition coefficient (Wildman–Crippen LogP) is 4.67. The van der Waals surface area contributed by atoms with Gasteiger partial charge in [-0.3, -0.25) is 0 Å². The predicted molar refractivity (Wildman–Crippen MR) is 133 cm³/mol. The fourth-order valence-corrected chi connectivity index (χ4v) is 9.50. The second-order valence-electron chi connectivity index (χ2n) is 9.13. The molecule has 0 saturated heterocycles. The van der Waals surface area contributed by atoms with Crippen molar-refractivity contribution in [1.29, 1.82) is 0 Å². The molecule has 0 radical (unpaired) electrons. The minimum absolute atomic E-state index is 0.101. The molecule has 0 aliphatic heterocycles. The highest BCUT2D eigenvalue weighted by Gasteiger charge is 2.41. The van der Waals surface area contributed by atoms with Gasteiger partial charge in [-0.15, -0.1) is 0 Å². The summed E-state index contributed by atoms with van der Waals surface area (Å²) in [5, 5.41) is 5.71. The molecule has 0 unspecified atom stereocenters. The fraction of sp³-hybridized carbons (Fsp3) is 0.172. The highest BCUT2D eigenvalue weighted by Crippen LogP contribution is 2.25. The third-order valence-electron chi connectivity index (χ3n) is 6.10. The summed E-state index contributed by atoms with van der Waals surface area (Å²) >= 11 is 0. The maximum absolute atomic E-state index is 2.49. The van der Waals surface area contributed by atoms with Crippen molar-refractivity contribution < 1.29 is 0 Å². The molecule has 0 spiro atoms. The van der Waals surface area contributed by atoms with Gasteiger partial charge < -0.3 is 0 Å². The first-order valence-corrected chi connectivity index (χ1v) is 12.7. The van der Waals surface area contributed by atoms with E-state index >= 15 is 0 Å². The van der Waals surface area contributed by atoms with Crippen molar-refractivity contribution in [2.24, 2.45) is 0 Å². The zero-order valence-electron chi connectivity index (χ0n) is 18.4. The molecular weight excluding hydrogens is 376 g/mol. The Morgan fingerprint density at radius 3 is 1.27 bits per heavy atom. The highest BCUT2D eigenvalue weighted by molar-refractivity contribution is 7.19. The van der Waals surface area contributed by atoms with Crippen LogP contribution in [0, 0.1) is 6.92 Å². The van der Waals surface area contributed by atoms with Gasteiger partial charge in [0, 0.05) is 0 Å². The maximum atomic E-state index is 2.49. The fourth-order valence-electron chi connectivity index (χ4n) is 4.73. The van der Waals surface area contributed by atoms with Crippen LogP contribution in [0.2, 0.25) is 0 Å². The van der Waals surface area contributed by atoms with Crippen LogP contribution >= 0.6 is 0 Å². The average molecular weight is 407 g/mol. The molecule has 0 amide bonds. The van der Waals surface area contributed by atoms with Crippen LogP contribution in [0.5, 0.6) is 0 Å². The van der Waals surface area contributed by atoms with Crippen LogP contribution in [0.25, 0.3) is 0 Å². The summed E-state index contributed by atoms with van der Waals surface area (Å²) in [6, 6.07) is 40.6. The second kappa shape index (κ2) is 8.08. The van der Waals surface area contributed by atoms with Gasteiger partial charge in [0.1, 0.15) is 0 Å². The van der Waals surface area contributed by atoms with Crippen LogP contribution in [0.15, 0.2) is 109 Å². The lowest BCUT2D eigenvalue weighted by Gasteiger charge is -2.35. The Bertz CT molecular complexity index is 1010. The zero-order valence-corrected chi connectivity index (χ0v) is 19.4. The van der Waals surface area contributed by atoms with Crippen LogP contribution in [0.3, 0.4) is 0 Å². The molecule has 0 heterocycles. The molecule has 4 aromatic rings. The van der Waals surface area contributed by atoms with Crippen molar-refractivity contribution in [3.63, 3.8) is 0 Å². The Morgan fingerprint density at radius 2 is 0.900 bits per heavy atom. The van der Waals surface area contributed by atoms with Crippen molar-refractivity contribution in [1.82, 2.24) is 0 Å². The first kappa shape index (κ1) is 20.4. The Morgan fingerprint density at radius 1 is 0.500 bits per heavy atom. The van der Waals surface area contributed by atoms with Crippen LogP contribution in [0.4, 0.5) is 0 Å². The lowest BCUT2D eigenvalue weighted by Crippen LogP contribution is -2.74. The summed E-state index contributed by atoms with van der Waals surface area (Å²) in [6.07, 6.45) is 0. The molecule has 1 heteroatoms. The van der Waals surface area contributed by atoms with E-state index in [-0.39, 0.29) is 5.41 Å². The topological polar surface area (TPSA) is 0 Å². The third-order valence-corrected chi connectivity index (χ3v) is 10.9. The monoisotopic (exact) mass is 406 g/mol. The van der Waals surface area contributed by atoms with E-state index in [4.69, 9.17) is 0 Å². The molecule has 0 saturated carbocycles. The van der Waals surface area contributed by atoms with E-state index in [2.05, 4.69) is 137 Å². The molecular formula is C29H30Si. The van der Waals surface area contributed by atoms with Gasteiger partial charge in [0.2, 0.25) is 0 Å². The van der Waals surface area contributed by atoms with Crippen molar-refractivity contribution >= 4 is 28.8 Å². The molecule has 0 aliphatic carbocycles. The molecule has 4 rings (SSSR count). The first-order valence-electron chi connectivity index (χ1n) is 10.7. The van der Waals surface area contributed by atoms with E-state index in [0.29, 0.717) is 0 Å². The van der Waals surface area contributed by atoms with Gasteiger partial charge in [-0.05, 0) is 44.2 Å². The standard InChI is InChI=1S/C29H30Si/c1-23-20-21-27(22-28(23)29(2,3)4)30(24-14-8-5-9-15-24,25-16-10-6-11-17-25)26-18-12-7-13-19-26/h5-22H,1-4H3. The minimum atomic E-state index is -2.43. The number of hydrogen-bond acceptors (Lipinski definition) is 0. The quantitative estimate of drug-likeness (QED) is 0.341. The van der Waals surface area contributed by atoms with Crippen molar-refractivity contribution in [3.05, 3.63) is 120 Å². The van der Waals surface area contributed by atoms with Gasteiger partial charge in [-0.25, -0.2) is 0 Å². The molecule has 0 aliphatic rings. The molecule has 150 valence electrons. The molecule has 0 bridgehead atoms. The molecule has 0 N–H and O–H groups in total. The Kier molecular flexibility index (Phi) is 5.49. The van der Waals surface area contributed by atoms with Gasteiger partial charge in [-0.1, -0.05) is 130 Å². The van der Waals surface area contributed by atoms with Gasteiger partial charge in [0.25, 0.3) is 0 Å². The van der Waals surface area contributed by atoms with E-state index in [1.54, 1.807) is 0 Å². The van der Waals surface area contributed by atoms with E-state index in [0.717, 1.165) is 0 Å². The average Bonchev–Trinajstić information content (AvgIpc) is 2.77. The van der Waals surface area contributed by atoms with Gasteiger partial charge >= 0.3 is 0 Å². The molecule has 0 nitrogen and oxygen atoms in total. The van der Waals surface area contributed by atoms with Crippen LogP contribution in [-0.4, -0.2) is 8.07 Å². The third kappa shape index (κ3) is 3.55. The van der Waals surface area contributed by atoms with E-state index < -0.39 is 8.07 Å². The molecule has 30 heavy (non-hydrogen) atoms. The molecule has 0 fully saturated rings. The smallest absolute Gasteiger partial charge is 0.0623 e. The summed E-state index contributed by atoms with van der Waals surface area (Å²) in [7, 11) is -2.43. The second-order valence-corrected chi connectivity index (χ2v) is 12.9. The summed E-state index contributed by atoms with van der Waals surface area (Å²) < 4.78 is 0. The molecule has 4 aromatic carbocycles. The minimum Gasteiger partial charge on any atom is -0.0623 e. The lowest BCUT2D eigenvalue weighted by molar-refractivity contribution is 0.586. The summed E-state index contributed by atoms with van der Waals surface area (Å²) in [4.78, 5) is 0. The first-order chi connectivity index (χ1) is 14.4. The summed E-state index contributed by atoms with van der Waals surface area (Å²) in [6.45, 7) is 9.18. The summed E-state index contributed by atoms with van der Waals surface area (Å²) in [5.41, 5.74) is 2.90. The van der Waals surface area contributed by atoms with Gasteiger partial charge in [0.05, 0.1) is 0 Å². The largest absolute Gasteiger partial charge is 0.179 e. The van der Waals surface area contributed by atoms with E-state index in [1.807, 2.05) is 0 Å². The number of rotatable bonds is 4. The Balaban J connectivity index is 2.14. The zero-order chi connectivity index (χ0) is 21.2. The van der Waals surface area contributed by atoms with Crippen molar-refractivity contribution in [3.8, 4) is 0 Å². The van der Waals surface area contributed by atoms with E-state index in [9.17, 15) is 0 Å². The Hall–Kier alpha value is -2.90. The van der Waals surface area contributed by atoms with Crippen LogP contribution in [-0.2, 0) is 5.41 Å². The molecule has 0 aromatic heterocycles. The van der Waals surface area contributed by atoms with Crippen LogP contribution < -0.4 is 20.7 Å². The van der Waals surface area contributed by atoms with Crippen LogP contribution in [0.1, 0.15) is 31.9 Å². The maximum Gasteiger partial charge on any atom is 0.179 e. The number of aryl methyl sites for hydroxylation is 1. The lowest BCUT2D eigenvalue weighted by atomic mass is 9.84. The van der Waals surface area contributed by atoms with Gasteiger partial charge in [-0.2, -0.15) is 0 Å². The number of hydrogen-bond donors (Lipinski definition) is 0. The molecule has 0 atom stereocenters. The normalized spacial score (nSPS) is 12.0. The highest BCUT2D eigenvalue weighted by atomic mass is 28.3. The van der Waals surface area contributed by atoms with Crippen molar-refractivity contribution in [2.45, 2.75) is 33.1 Å². The summed E-state index contributed by atoms with van der Waals surface area (Å²) in [5.74, 6) is 0.